The van der Waals surface area contributed by atoms with Gasteiger partial charge in [-0.2, -0.15) is 16.8 Å². The summed E-state index contributed by atoms with van der Waals surface area (Å²) in [7, 11) is -9.95. The van der Waals surface area contributed by atoms with Crippen molar-refractivity contribution in [3.05, 3.63) is 59.7 Å². The minimum atomic E-state index is -4.68. The summed E-state index contributed by atoms with van der Waals surface area (Å²) in [5, 5.41) is 26.3. The SMILES string of the molecule is C=C1C[C@H]2C(S(=O)(=O)O)Nc3cc(OCCP(=O)(CCOc4cc5c(cc4OC)C(O)N4CC(=C)C[C@H]4C(S(=O)(=O)O)N5)NCCO)c(OC)cc3C(=O)N2C1. The first-order valence-electron chi connectivity index (χ1n) is 17.5. The fraction of sp³-hybridized carbons (Fsp3) is 0.500. The Bertz CT molecular complexity index is 2170. The Hall–Kier alpha value is -3.92. The van der Waals surface area contributed by atoms with Crippen LogP contribution in [0.3, 0.4) is 0 Å². The van der Waals surface area contributed by atoms with E-state index in [0.29, 0.717) is 11.1 Å². The number of amides is 1. The van der Waals surface area contributed by atoms with Crippen LogP contribution in [-0.4, -0.2) is 141 Å². The van der Waals surface area contributed by atoms with E-state index in [-0.39, 0.29) is 110 Å². The molecule has 4 aliphatic rings. The third-order valence-corrected chi connectivity index (χ3v) is 15.0. The number of hydrogen-bond donors (Lipinski definition) is 7. The number of ether oxygens (including phenoxy) is 4. The Morgan fingerprint density at radius 1 is 0.839 bits per heavy atom. The van der Waals surface area contributed by atoms with Crippen molar-refractivity contribution in [3.63, 3.8) is 0 Å². The van der Waals surface area contributed by atoms with Gasteiger partial charge >= 0.3 is 0 Å². The van der Waals surface area contributed by atoms with E-state index in [2.05, 4.69) is 28.9 Å². The van der Waals surface area contributed by atoms with E-state index < -0.39 is 62.5 Å². The van der Waals surface area contributed by atoms with Crippen molar-refractivity contribution in [2.45, 2.75) is 41.9 Å². The van der Waals surface area contributed by atoms with Gasteiger partial charge in [0.15, 0.2) is 41.0 Å². The summed E-state index contributed by atoms with van der Waals surface area (Å²) >= 11 is 0. The molecule has 0 aromatic heterocycles. The fourth-order valence-electron chi connectivity index (χ4n) is 7.55. The Labute approximate surface area is 324 Å². The minimum absolute atomic E-state index is 0.0162. The smallest absolute Gasteiger partial charge is 0.288 e. The van der Waals surface area contributed by atoms with Crippen LogP contribution in [0.4, 0.5) is 11.4 Å². The molecule has 6 rings (SSSR count). The van der Waals surface area contributed by atoms with Gasteiger partial charge < -0.3 is 49.3 Å². The minimum Gasteiger partial charge on any atom is -0.493 e. The quantitative estimate of drug-likeness (QED) is 0.0764. The van der Waals surface area contributed by atoms with Crippen molar-refractivity contribution in [1.82, 2.24) is 14.9 Å². The summed E-state index contributed by atoms with van der Waals surface area (Å²) in [4.78, 5) is 16.4. The lowest BCUT2D eigenvalue weighted by Gasteiger charge is -2.29. The summed E-state index contributed by atoms with van der Waals surface area (Å²) in [6.45, 7) is 7.46. The maximum atomic E-state index is 14.1. The van der Waals surface area contributed by atoms with Crippen molar-refractivity contribution in [2.75, 3.05) is 76.6 Å². The van der Waals surface area contributed by atoms with Crippen LogP contribution in [0.2, 0.25) is 0 Å². The molecule has 4 unspecified atom stereocenters. The maximum absolute atomic E-state index is 14.1. The number of aliphatic hydroxyl groups excluding tert-OH is 2. The zero-order valence-electron chi connectivity index (χ0n) is 30.7. The molecule has 19 nitrogen and oxygen atoms in total. The molecule has 4 aliphatic heterocycles. The molecule has 2 saturated heterocycles. The molecule has 7 N–H and O–H groups in total. The Kier molecular flexibility index (Phi) is 12.0. The standard InChI is InChI=1S/C34H46N5O14PS2/c1-19-11-25-31(55(44,45)46)36-23-15-29(27(50-3)13-21(23)33(41)38(25)17-19)52-7-9-54(43,35-5-6-40)10-8-53-30-16-24-22(14-28(30)51-4)34(42)39-18-20(2)12-26(39)32(37-24)56(47,48)49/h13-16,25-26,31-33,36-37,40-41H,1-2,5-12,17-18H2,3-4H3,(H,35,43)(H,44,45,46)(H,47,48,49)/t25-,26-,31?,32?,33?,54?/m0/s1. The predicted octanol–water partition coefficient (Wildman–Crippen LogP) is 1.69. The Morgan fingerprint density at radius 3 is 1.96 bits per heavy atom. The van der Waals surface area contributed by atoms with Gasteiger partial charge in [-0.25, -0.2) is 0 Å². The first-order valence-corrected chi connectivity index (χ1v) is 22.6. The number of anilines is 2. The van der Waals surface area contributed by atoms with Crippen LogP contribution in [0.15, 0.2) is 48.6 Å². The molecule has 0 bridgehead atoms. The van der Waals surface area contributed by atoms with Crippen LogP contribution in [-0.2, 0) is 24.8 Å². The molecule has 2 aromatic rings. The summed E-state index contributed by atoms with van der Waals surface area (Å²) < 4.78 is 107. The summed E-state index contributed by atoms with van der Waals surface area (Å²) in [6, 6.07) is 3.97. The van der Waals surface area contributed by atoms with Crippen molar-refractivity contribution >= 4 is 44.8 Å². The van der Waals surface area contributed by atoms with Gasteiger partial charge in [0.2, 0.25) is 0 Å². The van der Waals surface area contributed by atoms with E-state index >= 15 is 0 Å². The molecule has 0 saturated carbocycles. The lowest BCUT2D eigenvalue weighted by atomic mass is 10.1. The van der Waals surface area contributed by atoms with E-state index in [4.69, 9.17) is 18.9 Å². The van der Waals surface area contributed by atoms with Gasteiger partial charge in [0.1, 0.15) is 6.23 Å². The number of methoxy groups -OCH3 is 2. The van der Waals surface area contributed by atoms with Crippen LogP contribution in [0.25, 0.3) is 0 Å². The monoisotopic (exact) mass is 843 g/mol. The second-order valence-corrected chi connectivity index (χ2v) is 20.1. The van der Waals surface area contributed by atoms with Gasteiger partial charge in [-0.1, -0.05) is 24.3 Å². The first-order chi connectivity index (χ1) is 26.4. The third-order valence-electron chi connectivity index (χ3n) is 10.2. The second-order valence-electron chi connectivity index (χ2n) is 14.0. The normalized spacial score (nSPS) is 24.7. The van der Waals surface area contributed by atoms with Crippen LogP contribution >= 0.6 is 7.29 Å². The largest absolute Gasteiger partial charge is 0.493 e. The Morgan fingerprint density at radius 2 is 1.38 bits per heavy atom. The highest BCUT2D eigenvalue weighted by Gasteiger charge is 2.47. The van der Waals surface area contributed by atoms with Crippen LogP contribution in [0.1, 0.15) is 35.0 Å². The van der Waals surface area contributed by atoms with Crippen molar-refractivity contribution < 1.29 is 64.5 Å². The predicted molar refractivity (Wildman–Crippen MR) is 205 cm³/mol. The van der Waals surface area contributed by atoms with E-state index in [1.807, 2.05) is 0 Å². The average Bonchev–Trinajstić information content (AvgIpc) is 3.66. The summed E-state index contributed by atoms with van der Waals surface area (Å²) in [5.41, 5.74) is 1.94. The van der Waals surface area contributed by atoms with Crippen molar-refractivity contribution in [1.29, 1.82) is 0 Å². The number of benzene rings is 2. The number of fused-ring (bicyclic) bond motifs is 4. The Balaban J connectivity index is 1.18. The molecular formula is C34H46N5O14PS2. The van der Waals surface area contributed by atoms with Gasteiger partial charge in [-0.3, -0.25) is 23.9 Å². The molecule has 4 heterocycles. The van der Waals surface area contributed by atoms with Crippen molar-refractivity contribution in [2.24, 2.45) is 0 Å². The summed E-state index contributed by atoms with van der Waals surface area (Å²) in [6.07, 6.45) is -1.03. The number of carbonyl (C=O) groups is 1. The number of nitrogens with one attached hydrogen (secondary N) is 3. The molecule has 1 amide bonds. The molecule has 2 fully saturated rings. The first kappa shape index (κ1) is 41.7. The molecule has 308 valence electrons. The highest BCUT2D eigenvalue weighted by atomic mass is 32.2. The molecule has 22 heteroatoms. The second kappa shape index (κ2) is 16.1. The molecule has 56 heavy (non-hydrogen) atoms. The summed E-state index contributed by atoms with van der Waals surface area (Å²) in [5.74, 6) is 0.0503. The highest BCUT2D eigenvalue weighted by molar-refractivity contribution is 7.86. The average molecular weight is 844 g/mol. The maximum Gasteiger partial charge on any atom is 0.288 e. The number of hydrogen-bond acceptors (Lipinski definition) is 15. The highest BCUT2D eigenvalue weighted by Crippen LogP contribution is 2.46. The molecular weight excluding hydrogens is 798 g/mol. The van der Waals surface area contributed by atoms with Crippen LogP contribution in [0.5, 0.6) is 23.0 Å². The molecule has 0 aliphatic carbocycles. The topological polar surface area (TPSA) is 263 Å². The van der Waals surface area contributed by atoms with Crippen LogP contribution in [0, 0.1) is 0 Å². The van der Waals surface area contributed by atoms with E-state index in [1.165, 1.54) is 48.3 Å². The van der Waals surface area contributed by atoms with E-state index in [1.54, 1.807) is 0 Å². The number of rotatable bonds is 15. The number of aliphatic hydroxyl groups is 2. The van der Waals surface area contributed by atoms with Crippen LogP contribution < -0.4 is 34.7 Å². The lowest BCUT2D eigenvalue weighted by Crippen LogP contribution is -2.47. The molecule has 6 atom stereocenters. The third kappa shape index (κ3) is 8.51. The molecule has 2 aromatic carbocycles. The van der Waals surface area contributed by atoms with Gasteiger partial charge in [0.25, 0.3) is 26.1 Å². The van der Waals surface area contributed by atoms with E-state index in [0.717, 1.165) is 0 Å². The van der Waals surface area contributed by atoms with Gasteiger partial charge in [-0.15, -0.1) is 0 Å². The zero-order valence-corrected chi connectivity index (χ0v) is 33.2. The van der Waals surface area contributed by atoms with Gasteiger partial charge in [0.05, 0.1) is 57.4 Å². The van der Waals surface area contributed by atoms with Gasteiger partial charge in [0, 0.05) is 55.3 Å². The lowest BCUT2D eigenvalue weighted by molar-refractivity contribution is -0.00248. The van der Waals surface area contributed by atoms with Crippen molar-refractivity contribution in [3.8, 4) is 23.0 Å². The fourth-order valence-corrected chi connectivity index (χ4v) is 11.2. The van der Waals surface area contributed by atoms with Gasteiger partial charge in [-0.05, 0) is 25.0 Å². The van der Waals surface area contributed by atoms with E-state index in [9.17, 15) is 45.5 Å². The zero-order chi connectivity index (χ0) is 40.7. The number of nitrogens with zero attached hydrogens (tertiary/aromatic N) is 2. The molecule has 0 radical (unpaired) electrons. The number of carbonyl (C=O) groups excluding carboxylic acids is 1. The molecule has 0 spiro atoms.